The summed E-state index contributed by atoms with van der Waals surface area (Å²) < 4.78 is 0. The van der Waals surface area contributed by atoms with Crippen LogP contribution in [0.5, 0.6) is 0 Å². The van der Waals surface area contributed by atoms with E-state index in [1.807, 2.05) is 0 Å². The van der Waals surface area contributed by atoms with Crippen molar-refractivity contribution in [2.75, 3.05) is 18.0 Å². The smallest absolute Gasteiger partial charge is 0.330 e. The molecule has 122 valence electrons. The lowest BCUT2D eigenvalue weighted by Crippen LogP contribution is -2.33. The van der Waals surface area contributed by atoms with Crippen molar-refractivity contribution in [3.63, 3.8) is 0 Å². The van der Waals surface area contributed by atoms with Crippen LogP contribution in [0.15, 0.2) is 6.20 Å². The average molecular weight is 336 g/mol. The number of aromatic nitrogens is 5. The van der Waals surface area contributed by atoms with Crippen LogP contribution in [0.25, 0.3) is 10.7 Å². The number of anilines is 1. The molecule has 0 bridgehead atoms. The molecule has 1 aliphatic heterocycles. The molecule has 3 heterocycles. The van der Waals surface area contributed by atoms with Crippen LogP contribution < -0.4 is 4.90 Å². The Bertz CT molecular complexity index is 717. The van der Waals surface area contributed by atoms with E-state index in [1.165, 1.54) is 11.3 Å². The highest BCUT2D eigenvalue weighted by atomic mass is 32.1. The number of nitrogens with zero attached hydrogens (tertiary/aromatic N) is 6. The summed E-state index contributed by atoms with van der Waals surface area (Å²) in [5.41, 5.74) is 0. The van der Waals surface area contributed by atoms with Gasteiger partial charge >= 0.3 is 5.97 Å². The topological polar surface area (TPSA) is 114 Å². The second-order valence-corrected chi connectivity index (χ2v) is 6.24. The fourth-order valence-corrected chi connectivity index (χ4v) is 3.25. The highest BCUT2D eigenvalue weighted by molar-refractivity contribution is 7.18. The monoisotopic (exact) mass is 336 g/mol. The zero-order valence-electron chi connectivity index (χ0n) is 12.5. The number of thiazole rings is 1. The molecule has 2 aromatic rings. The molecule has 0 amide bonds. The highest BCUT2D eigenvalue weighted by Gasteiger charge is 2.23. The number of carboxylic acids is 1. The molecular weight excluding hydrogens is 320 g/mol. The van der Waals surface area contributed by atoms with Crippen molar-refractivity contribution in [2.24, 2.45) is 0 Å². The normalized spacial score (nSPS) is 16.6. The molecule has 1 N–H and O–H groups in total. The van der Waals surface area contributed by atoms with Crippen molar-refractivity contribution < 1.29 is 14.7 Å². The van der Waals surface area contributed by atoms with Gasteiger partial charge in [0.2, 0.25) is 5.82 Å². The first-order valence-corrected chi connectivity index (χ1v) is 8.15. The number of carbonyl (C=O) groups excluding carboxylic acids is 1. The van der Waals surface area contributed by atoms with Crippen molar-refractivity contribution in [1.82, 2.24) is 25.2 Å². The van der Waals surface area contributed by atoms with Gasteiger partial charge in [-0.15, -0.1) is 15.0 Å². The van der Waals surface area contributed by atoms with Gasteiger partial charge in [-0.25, -0.2) is 9.78 Å². The van der Waals surface area contributed by atoms with Crippen LogP contribution in [0.3, 0.4) is 0 Å². The van der Waals surface area contributed by atoms with Crippen molar-refractivity contribution in [3.8, 4) is 10.7 Å². The largest absolute Gasteiger partial charge is 0.480 e. The summed E-state index contributed by atoms with van der Waals surface area (Å²) in [6.07, 6.45) is 3.11. The van der Waals surface area contributed by atoms with Crippen molar-refractivity contribution in [2.45, 2.75) is 32.2 Å². The molecular formula is C13H16N6O3S. The lowest BCUT2D eigenvalue weighted by molar-refractivity contribution is -0.141. The molecule has 1 aliphatic rings. The van der Waals surface area contributed by atoms with Crippen molar-refractivity contribution >= 4 is 28.2 Å². The zero-order chi connectivity index (χ0) is 16.4. The van der Waals surface area contributed by atoms with Gasteiger partial charge in [-0.05, 0) is 11.6 Å². The number of ketones is 1. The minimum absolute atomic E-state index is 0.280. The number of carboxylic acid groups (broad SMARTS) is 1. The van der Waals surface area contributed by atoms with E-state index in [0.29, 0.717) is 38.2 Å². The summed E-state index contributed by atoms with van der Waals surface area (Å²) in [7, 11) is 0. The van der Waals surface area contributed by atoms with E-state index < -0.39 is 12.0 Å². The molecule has 1 fully saturated rings. The quantitative estimate of drug-likeness (QED) is 0.860. The number of tetrazole rings is 1. The van der Waals surface area contributed by atoms with E-state index in [9.17, 15) is 9.59 Å². The second kappa shape index (κ2) is 6.41. The number of carbonyl (C=O) groups is 2. The van der Waals surface area contributed by atoms with Gasteiger partial charge in [0.1, 0.15) is 5.78 Å². The number of piperidine rings is 1. The summed E-state index contributed by atoms with van der Waals surface area (Å²) in [5.74, 6) is -0.345. The van der Waals surface area contributed by atoms with Gasteiger partial charge in [0.05, 0.1) is 11.1 Å². The third kappa shape index (κ3) is 3.21. The molecule has 9 nitrogen and oxygen atoms in total. The first-order chi connectivity index (χ1) is 11.1. The van der Waals surface area contributed by atoms with Crippen molar-refractivity contribution in [3.05, 3.63) is 6.20 Å². The predicted molar refractivity (Wildman–Crippen MR) is 82.3 cm³/mol. The molecule has 1 atom stereocenters. The maximum Gasteiger partial charge on any atom is 0.330 e. The molecule has 1 unspecified atom stereocenters. The Hall–Kier alpha value is -2.36. The molecule has 10 heteroatoms. The summed E-state index contributed by atoms with van der Waals surface area (Å²) in [4.78, 5) is 30.7. The minimum atomic E-state index is -0.987. The molecule has 3 rings (SSSR count). The number of Topliss-reactive ketones (excluding diaryl/α,β-unsaturated/α-hetero) is 1. The molecule has 0 spiro atoms. The standard InChI is InChI=1S/C13H16N6O3S/c1-2-9(12(21)22)19-16-11(15-17-19)10-7-14-13(23-10)18-5-3-8(20)4-6-18/h7,9H,2-6H2,1H3,(H,21,22). The van der Waals surface area contributed by atoms with E-state index in [2.05, 4.69) is 25.3 Å². The van der Waals surface area contributed by atoms with Gasteiger partial charge in [0.25, 0.3) is 0 Å². The maximum atomic E-state index is 11.3. The van der Waals surface area contributed by atoms with Crippen LogP contribution in [-0.4, -0.2) is 55.1 Å². The SMILES string of the molecule is CCC(C(=O)O)n1nnc(-c2cnc(N3CCC(=O)CC3)s2)n1. The van der Waals surface area contributed by atoms with Gasteiger partial charge < -0.3 is 10.0 Å². The zero-order valence-corrected chi connectivity index (χ0v) is 13.4. The van der Waals surface area contributed by atoms with E-state index in [-0.39, 0.29) is 5.78 Å². The molecule has 1 saturated heterocycles. The first kappa shape index (κ1) is 15.5. The Morgan fingerprint density at radius 3 is 2.83 bits per heavy atom. The highest BCUT2D eigenvalue weighted by Crippen LogP contribution is 2.30. The maximum absolute atomic E-state index is 11.3. The molecule has 0 aliphatic carbocycles. The molecule has 0 aromatic carbocycles. The second-order valence-electron chi connectivity index (χ2n) is 5.23. The fourth-order valence-electron chi connectivity index (χ4n) is 2.35. The van der Waals surface area contributed by atoms with Gasteiger partial charge in [-0.1, -0.05) is 18.3 Å². The molecule has 2 aromatic heterocycles. The summed E-state index contributed by atoms with van der Waals surface area (Å²) in [6.45, 7) is 3.09. The van der Waals surface area contributed by atoms with E-state index in [0.717, 1.165) is 14.8 Å². The molecule has 23 heavy (non-hydrogen) atoms. The lowest BCUT2D eigenvalue weighted by Gasteiger charge is -2.25. The van der Waals surface area contributed by atoms with Crippen LogP contribution in [-0.2, 0) is 9.59 Å². The molecule has 0 radical (unpaired) electrons. The number of hydrogen-bond donors (Lipinski definition) is 1. The van der Waals surface area contributed by atoms with Gasteiger partial charge in [-0.2, -0.15) is 0 Å². The number of hydrogen-bond acceptors (Lipinski definition) is 8. The summed E-state index contributed by atoms with van der Waals surface area (Å²) >= 11 is 1.41. The van der Waals surface area contributed by atoms with Crippen LogP contribution in [0.2, 0.25) is 0 Å². The van der Waals surface area contributed by atoms with E-state index >= 15 is 0 Å². The average Bonchev–Trinajstić information content (AvgIpc) is 3.17. The summed E-state index contributed by atoms with van der Waals surface area (Å²) in [5, 5.41) is 21.9. The predicted octanol–water partition coefficient (Wildman–Crippen LogP) is 1.00. The van der Waals surface area contributed by atoms with Crippen LogP contribution in [0, 0.1) is 0 Å². The summed E-state index contributed by atoms with van der Waals surface area (Å²) in [6, 6.07) is -0.822. The Morgan fingerprint density at radius 2 is 2.17 bits per heavy atom. The Balaban J connectivity index is 1.77. The number of rotatable bonds is 5. The van der Waals surface area contributed by atoms with Crippen LogP contribution in [0.4, 0.5) is 5.13 Å². The van der Waals surface area contributed by atoms with Crippen molar-refractivity contribution in [1.29, 1.82) is 0 Å². The Labute approximate surface area is 135 Å². The molecule has 0 saturated carbocycles. The van der Waals surface area contributed by atoms with Crippen LogP contribution in [0.1, 0.15) is 32.2 Å². The third-order valence-electron chi connectivity index (χ3n) is 3.68. The first-order valence-electron chi connectivity index (χ1n) is 7.33. The van der Waals surface area contributed by atoms with E-state index in [4.69, 9.17) is 5.11 Å². The fraction of sp³-hybridized carbons (Fsp3) is 0.538. The Morgan fingerprint density at radius 1 is 1.43 bits per heavy atom. The van der Waals surface area contributed by atoms with Crippen LogP contribution >= 0.6 is 11.3 Å². The Kier molecular flexibility index (Phi) is 4.33. The van der Waals surface area contributed by atoms with E-state index in [1.54, 1.807) is 13.1 Å². The lowest BCUT2D eigenvalue weighted by atomic mass is 10.1. The van der Waals surface area contributed by atoms with Gasteiger partial charge in [0, 0.05) is 25.9 Å². The minimum Gasteiger partial charge on any atom is -0.480 e. The third-order valence-corrected chi connectivity index (χ3v) is 4.74. The number of aliphatic carboxylic acids is 1. The van der Waals surface area contributed by atoms with Gasteiger partial charge in [-0.3, -0.25) is 4.79 Å². The van der Waals surface area contributed by atoms with Gasteiger partial charge in [0.15, 0.2) is 11.2 Å².